The quantitative estimate of drug-likeness (QED) is 0.735. The molecule has 0 saturated carbocycles. The van der Waals surface area contributed by atoms with Crippen LogP contribution in [0.3, 0.4) is 0 Å². The number of pyridine rings is 1. The van der Waals surface area contributed by atoms with E-state index in [1.54, 1.807) is 6.20 Å². The van der Waals surface area contributed by atoms with E-state index in [4.69, 9.17) is 10.8 Å². The van der Waals surface area contributed by atoms with Gasteiger partial charge in [0.05, 0.1) is 5.92 Å². The van der Waals surface area contributed by atoms with Crippen molar-refractivity contribution in [1.82, 2.24) is 4.98 Å². The van der Waals surface area contributed by atoms with Crippen molar-refractivity contribution in [1.29, 1.82) is 0 Å². The summed E-state index contributed by atoms with van der Waals surface area (Å²) in [6.45, 7) is 2.05. The van der Waals surface area contributed by atoms with Crippen LogP contribution in [0.4, 0.5) is 0 Å². The first-order valence-corrected chi connectivity index (χ1v) is 4.48. The van der Waals surface area contributed by atoms with E-state index in [1.165, 1.54) is 0 Å². The van der Waals surface area contributed by atoms with Gasteiger partial charge in [0.15, 0.2) is 0 Å². The highest BCUT2D eigenvalue weighted by Gasteiger charge is 2.15. The highest BCUT2D eigenvalue weighted by molar-refractivity contribution is 5.70. The number of nitrogens with zero attached hydrogens (tertiary/aromatic N) is 1. The number of aryl methyl sites for hydroxylation is 1. The maximum Gasteiger partial charge on any atom is 0.308 e. The Labute approximate surface area is 82.8 Å². The summed E-state index contributed by atoms with van der Waals surface area (Å²) >= 11 is 0. The smallest absolute Gasteiger partial charge is 0.308 e. The number of rotatable bonds is 4. The standard InChI is InChI=1S/C10H14N2O2/c1-7-2-3-8(6-12-7)4-9(5-11)10(13)14/h2-3,6,9H,4-5,11H2,1H3,(H,13,14). The van der Waals surface area contributed by atoms with Gasteiger partial charge in [-0.25, -0.2) is 0 Å². The average molecular weight is 194 g/mol. The van der Waals surface area contributed by atoms with Crippen molar-refractivity contribution in [3.8, 4) is 0 Å². The molecule has 3 N–H and O–H groups in total. The minimum atomic E-state index is -0.854. The van der Waals surface area contributed by atoms with Crippen LogP contribution < -0.4 is 5.73 Å². The largest absolute Gasteiger partial charge is 0.481 e. The van der Waals surface area contributed by atoms with Gasteiger partial charge in [-0.15, -0.1) is 0 Å². The fraction of sp³-hybridized carbons (Fsp3) is 0.400. The molecule has 0 fully saturated rings. The van der Waals surface area contributed by atoms with Crippen LogP contribution in [0.15, 0.2) is 18.3 Å². The Balaban J connectivity index is 2.67. The third kappa shape index (κ3) is 2.81. The second-order valence-electron chi connectivity index (χ2n) is 3.28. The Kier molecular flexibility index (Phi) is 3.59. The van der Waals surface area contributed by atoms with E-state index in [-0.39, 0.29) is 6.54 Å². The Morgan fingerprint density at radius 3 is 2.79 bits per heavy atom. The zero-order chi connectivity index (χ0) is 10.6. The van der Waals surface area contributed by atoms with E-state index < -0.39 is 11.9 Å². The topological polar surface area (TPSA) is 76.2 Å². The van der Waals surface area contributed by atoms with Crippen molar-refractivity contribution in [3.05, 3.63) is 29.6 Å². The third-order valence-corrected chi connectivity index (χ3v) is 2.09. The molecule has 0 aromatic carbocycles. The molecule has 0 saturated heterocycles. The van der Waals surface area contributed by atoms with Crippen molar-refractivity contribution in [2.45, 2.75) is 13.3 Å². The van der Waals surface area contributed by atoms with Gasteiger partial charge in [-0.1, -0.05) is 6.07 Å². The SMILES string of the molecule is Cc1ccc(CC(CN)C(=O)O)cn1. The number of carboxylic acid groups (broad SMARTS) is 1. The van der Waals surface area contributed by atoms with Gasteiger partial charge in [-0.2, -0.15) is 0 Å². The lowest BCUT2D eigenvalue weighted by Crippen LogP contribution is -2.25. The summed E-state index contributed by atoms with van der Waals surface area (Å²) in [6, 6.07) is 3.75. The first-order valence-electron chi connectivity index (χ1n) is 4.48. The molecule has 0 aliphatic heterocycles. The van der Waals surface area contributed by atoms with E-state index in [9.17, 15) is 4.79 Å². The van der Waals surface area contributed by atoms with Crippen LogP contribution in [-0.4, -0.2) is 22.6 Å². The fourth-order valence-corrected chi connectivity index (χ4v) is 1.18. The molecule has 1 aromatic rings. The number of carboxylic acids is 1. The summed E-state index contributed by atoms with van der Waals surface area (Å²) in [5, 5.41) is 8.79. The normalized spacial score (nSPS) is 12.4. The summed E-state index contributed by atoms with van der Waals surface area (Å²) in [7, 11) is 0. The summed E-state index contributed by atoms with van der Waals surface area (Å²) in [5.74, 6) is -1.37. The van der Waals surface area contributed by atoms with Gasteiger partial charge in [-0.05, 0) is 25.0 Å². The Hall–Kier alpha value is -1.42. The number of nitrogens with two attached hydrogens (primary N) is 1. The molecule has 0 aliphatic rings. The van der Waals surface area contributed by atoms with E-state index in [0.29, 0.717) is 6.42 Å². The molecular formula is C10H14N2O2. The molecule has 76 valence electrons. The highest BCUT2D eigenvalue weighted by atomic mass is 16.4. The van der Waals surface area contributed by atoms with Gasteiger partial charge in [-0.3, -0.25) is 9.78 Å². The molecule has 1 unspecified atom stereocenters. The van der Waals surface area contributed by atoms with E-state index in [0.717, 1.165) is 11.3 Å². The molecule has 1 atom stereocenters. The predicted octanol–water partition coefficient (Wildman–Crippen LogP) is 0.592. The molecule has 4 nitrogen and oxygen atoms in total. The summed E-state index contributed by atoms with van der Waals surface area (Å²) in [5.41, 5.74) is 7.19. The molecule has 4 heteroatoms. The van der Waals surface area contributed by atoms with Crippen LogP contribution in [0.5, 0.6) is 0 Å². The maximum absolute atomic E-state index is 10.7. The first kappa shape index (κ1) is 10.7. The van der Waals surface area contributed by atoms with Gasteiger partial charge in [0.1, 0.15) is 0 Å². The van der Waals surface area contributed by atoms with Crippen molar-refractivity contribution < 1.29 is 9.90 Å². The number of carbonyl (C=O) groups is 1. The Morgan fingerprint density at radius 1 is 1.64 bits per heavy atom. The van der Waals surface area contributed by atoms with Gasteiger partial charge >= 0.3 is 5.97 Å². The lowest BCUT2D eigenvalue weighted by Gasteiger charge is -2.08. The molecule has 0 aliphatic carbocycles. The molecule has 0 bridgehead atoms. The first-order chi connectivity index (χ1) is 6.63. The molecule has 0 amide bonds. The maximum atomic E-state index is 10.7. The number of hydrogen-bond donors (Lipinski definition) is 2. The zero-order valence-electron chi connectivity index (χ0n) is 8.10. The summed E-state index contributed by atoms with van der Waals surface area (Å²) in [4.78, 5) is 14.8. The number of hydrogen-bond acceptors (Lipinski definition) is 3. The third-order valence-electron chi connectivity index (χ3n) is 2.09. The minimum absolute atomic E-state index is 0.156. The van der Waals surface area contributed by atoms with Crippen molar-refractivity contribution >= 4 is 5.97 Å². The van der Waals surface area contributed by atoms with E-state index in [1.807, 2.05) is 19.1 Å². The summed E-state index contributed by atoms with van der Waals surface area (Å²) < 4.78 is 0. The molecule has 0 radical (unpaired) electrons. The average Bonchev–Trinajstić information content (AvgIpc) is 2.16. The van der Waals surface area contributed by atoms with Crippen molar-refractivity contribution in [2.75, 3.05) is 6.54 Å². The van der Waals surface area contributed by atoms with Crippen molar-refractivity contribution in [2.24, 2.45) is 11.7 Å². The van der Waals surface area contributed by atoms with Gasteiger partial charge in [0.25, 0.3) is 0 Å². The number of aliphatic carboxylic acids is 1. The van der Waals surface area contributed by atoms with E-state index >= 15 is 0 Å². The van der Waals surface area contributed by atoms with Crippen molar-refractivity contribution in [3.63, 3.8) is 0 Å². The van der Waals surface area contributed by atoms with E-state index in [2.05, 4.69) is 4.98 Å². The van der Waals surface area contributed by atoms with Gasteiger partial charge in [0, 0.05) is 18.4 Å². The van der Waals surface area contributed by atoms with Crippen LogP contribution in [-0.2, 0) is 11.2 Å². The van der Waals surface area contributed by atoms with Crippen LogP contribution in [0.25, 0.3) is 0 Å². The monoisotopic (exact) mass is 194 g/mol. The lowest BCUT2D eigenvalue weighted by atomic mass is 10.0. The Bertz CT molecular complexity index is 308. The molecule has 14 heavy (non-hydrogen) atoms. The molecular weight excluding hydrogens is 180 g/mol. The van der Waals surface area contributed by atoms with Crippen LogP contribution >= 0.6 is 0 Å². The van der Waals surface area contributed by atoms with Gasteiger partial charge in [0.2, 0.25) is 0 Å². The zero-order valence-corrected chi connectivity index (χ0v) is 8.10. The second-order valence-corrected chi connectivity index (χ2v) is 3.28. The van der Waals surface area contributed by atoms with Gasteiger partial charge < -0.3 is 10.8 Å². The Morgan fingerprint density at radius 2 is 2.36 bits per heavy atom. The van der Waals surface area contributed by atoms with Crippen LogP contribution in [0.2, 0.25) is 0 Å². The van der Waals surface area contributed by atoms with Crippen LogP contribution in [0, 0.1) is 12.8 Å². The molecule has 1 aromatic heterocycles. The van der Waals surface area contributed by atoms with Crippen LogP contribution in [0.1, 0.15) is 11.3 Å². The number of aromatic nitrogens is 1. The molecule has 1 heterocycles. The molecule has 0 spiro atoms. The highest BCUT2D eigenvalue weighted by Crippen LogP contribution is 2.07. The predicted molar refractivity (Wildman–Crippen MR) is 52.9 cm³/mol. The minimum Gasteiger partial charge on any atom is -0.481 e. The lowest BCUT2D eigenvalue weighted by molar-refractivity contribution is -0.141. The fourth-order valence-electron chi connectivity index (χ4n) is 1.18. The molecule has 1 rings (SSSR count). The second kappa shape index (κ2) is 4.72. The summed E-state index contributed by atoms with van der Waals surface area (Å²) in [6.07, 6.45) is 2.14.